The average Bonchev–Trinajstić information content (AvgIpc) is 2.53. The van der Waals surface area contributed by atoms with E-state index >= 15 is 0 Å². The smallest absolute Gasteiger partial charge is 0.338 e. The molecule has 2 aromatic rings. The fourth-order valence-electron chi connectivity index (χ4n) is 1.87. The van der Waals surface area contributed by atoms with E-state index in [1.807, 2.05) is 31.2 Å². The molecule has 0 atom stereocenters. The Kier molecular flexibility index (Phi) is 6.25. The number of halogens is 2. The van der Waals surface area contributed by atoms with Crippen LogP contribution in [0.1, 0.15) is 21.5 Å². The fraction of sp³-hybridized carbons (Fsp3) is 0.167. The molecule has 0 N–H and O–H groups in total. The largest absolute Gasteiger partial charge is 0.486 e. The van der Waals surface area contributed by atoms with Crippen LogP contribution in [0.3, 0.4) is 0 Å². The van der Waals surface area contributed by atoms with Crippen LogP contribution in [-0.2, 0) is 11.3 Å². The first-order chi connectivity index (χ1) is 11.0. The van der Waals surface area contributed by atoms with Crippen LogP contribution in [0.25, 0.3) is 0 Å². The summed E-state index contributed by atoms with van der Waals surface area (Å²) in [7, 11) is 0. The average molecular weight is 396 g/mol. The van der Waals surface area contributed by atoms with Gasteiger partial charge in [-0.1, -0.05) is 54.1 Å². The Balaban J connectivity index is 2.12. The van der Waals surface area contributed by atoms with Gasteiger partial charge in [-0.05, 0) is 40.5 Å². The summed E-state index contributed by atoms with van der Waals surface area (Å²) in [5.41, 5.74) is 2.58. The van der Waals surface area contributed by atoms with Gasteiger partial charge < -0.3 is 9.47 Å². The minimum Gasteiger partial charge on any atom is -0.486 e. The minimum atomic E-state index is -0.461. The molecule has 0 aliphatic heterocycles. The van der Waals surface area contributed by atoms with Crippen LogP contribution in [-0.4, -0.2) is 12.6 Å². The molecule has 0 saturated carbocycles. The highest BCUT2D eigenvalue weighted by Crippen LogP contribution is 2.35. The first kappa shape index (κ1) is 17.6. The molecular weight excluding hydrogens is 380 g/mol. The van der Waals surface area contributed by atoms with Crippen molar-refractivity contribution in [2.45, 2.75) is 13.5 Å². The maximum absolute atomic E-state index is 11.8. The Bertz CT molecular complexity index is 688. The van der Waals surface area contributed by atoms with E-state index in [1.165, 1.54) is 17.7 Å². The summed E-state index contributed by atoms with van der Waals surface area (Å²) in [6.45, 7) is 6.07. The van der Waals surface area contributed by atoms with E-state index in [0.717, 1.165) is 5.56 Å². The predicted octanol–water partition coefficient (Wildman–Crippen LogP) is 5.33. The number of rotatable bonds is 6. The number of hydrogen-bond donors (Lipinski definition) is 0. The third-order valence-corrected chi connectivity index (χ3v) is 3.94. The molecule has 0 radical (unpaired) electrons. The molecule has 5 heteroatoms. The van der Waals surface area contributed by atoms with Crippen molar-refractivity contribution in [2.24, 2.45) is 0 Å². The summed E-state index contributed by atoms with van der Waals surface area (Å²) < 4.78 is 11.4. The number of carbonyl (C=O) groups is 1. The summed E-state index contributed by atoms with van der Waals surface area (Å²) in [6.07, 6.45) is 1.51. The number of esters is 1. The first-order valence-electron chi connectivity index (χ1n) is 6.96. The lowest BCUT2D eigenvalue weighted by Gasteiger charge is -2.12. The van der Waals surface area contributed by atoms with E-state index in [9.17, 15) is 4.79 Å². The standard InChI is InChI=1S/C18H16BrClO3/c1-3-8-22-18(21)14-9-15(19)17(16(20)10-14)23-11-13-6-4-12(2)5-7-13/h3-7,9-10H,1,8,11H2,2H3. The van der Waals surface area contributed by atoms with Gasteiger partial charge in [-0.15, -0.1) is 0 Å². The highest BCUT2D eigenvalue weighted by Gasteiger charge is 2.14. The fourth-order valence-corrected chi connectivity index (χ4v) is 2.84. The topological polar surface area (TPSA) is 35.5 Å². The molecule has 0 amide bonds. The third-order valence-electron chi connectivity index (χ3n) is 3.07. The summed E-state index contributed by atoms with van der Waals surface area (Å²) in [5, 5.41) is 0.344. The van der Waals surface area contributed by atoms with Crippen LogP contribution >= 0.6 is 27.5 Å². The molecule has 0 bridgehead atoms. The van der Waals surface area contributed by atoms with Crippen molar-refractivity contribution in [2.75, 3.05) is 6.61 Å². The van der Waals surface area contributed by atoms with Crippen LogP contribution in [0.4, 0.5) is 0 Å². The van der Waals surface area contributed by atoms with Crippen molar-refractivity contribution < 1.29 is 14.3 Å². The molecule has 0 aromatic heterocycles. The molecule has 23 heavy (non-hydrogen) atoms. The van der Waals surface area contributed by atoms with Crippen molar-refractivity contribution in [1.82, 2.24) is 0 Å². The molecule has 120 valence electrons. The van der Waals surface area contributed by atoms with Gasteiger partial charge in [-0.2, -0.15) is 0 Å². The van der Waals surface area contributed by atoms with E-state index in [2.05, 4.69) is 22.5 Å². The maximum atomic E-state index is 11.8. The number of hydrogen-bond acceptors (Lipinski definition) is 3. The Hall–Kier alpha value is -1.78. The van der Waals surface area contributed by atoms with Crippen LogP contribution in [0.15, 0.2) is 53.5 Å². The van der Waals surface area contributed by atoms with Gasteiger partial charge in [0.15, 0.2) is 5.75 Å². The zero-order chi connectivity index (χ0) is 16.8. The zero-order valence-corrected chi connectivity index (χ0v) is 15.0. The lowest BCUT2D eigenvalue weighted by Crippen LogP contribution is -2.06. The SMILES string of the molecule is C=CCOC(=O)c1cc(Cl)c(OCc2ccc(C)cc2)c(Br)c1. The molecule has 2 aromatic carbocycles. The second-order valence-electron chi connectivity index (χ2n) is 4.93. The van der Waals surface area contributed by atoms with E-state index in [-0.39, 0.29) is 6.61 Å². The number of ether oxygens (including phenoxy) is 2. The molecule has 0 saturated heterocycles. The van der Waals surface area contributed by atoms with Crippen molar-refractivity contribution in [3.8, 4) is 5.75 Å². The molecule has 0 unspecified atom stereocenters. The molecule has 3 nitrogen and oxygen atoms in total. The Labute approximate surface area is 149 Å². The van der Waals surface area contributed by atoms with Crippen LogP contribution in [0, 0.1) is 6.92 Å². The number of carbonyl (C=O) groups excluding carboxylic acids is 1. The lowest BCUT2D eigenvalue weighted by molar-refractivity contribution is 0.0549. The molecule has 0 aliphatic rings. The molecular formula is C18H16BrClO3. The van der Waals surface area contributed by atoms with Crippen molar-refractivity contribution >= 4 is 33.5 Å². The van der Waals surface area contributed by atoms with Crippen LogP contribution < -0.4 is 4.74 Å². The van der Waals surface area contributed by atoms with Crippen LogP contribution in [0.5, 0.6) is 5.75 Å². The van der Waals surface area contributed by atoms with Crippen molar-refractivity contribution in [3.63, 3.8) is 0 Å². The van der Waals surface area contributed by atoms with Crippen molar-refractivity contribution in [1.29, 1.82) is 0 Å². The van der Waals surface area contributed by atoms with Crippen molar-refractivity contribution in [3.05, 3.63) is 75.2 Å². The van der Waals surface area contributed by atoms with Gasteiger partial charge in [-0.25, -0.2) is 4.79 Å². The zero-order valence-electron chi connectivity index (χ0n) is 12.6. The Morgan fingerprint density at radius 1 is 1.30 bits per heavy atom. The Morgan fingerprint density at radius 3 is 2.61 bits per heavy atom. The second-order valence-corrected chi connectivity index (χ2v) is 6.19. The van der Waals surface area contributed by atoms with E-state index in [1.54, 1.807) is 6.07 Å². The van der Waals surface area contributed by atoms with Gasteiger partial charge in [0.25, 0.3) is 0 Å². The van der Waals surface area contributed by atoms with Gasteiger partial charge in [0.1, 0.15) is 13.2 Å². The summed E-state index contributed by atoms with van der Waals surface area (Å²) in [4.78, 5) is 11.8. The van der Waals surface area contributed by atoms with Gasteiger partial charge in [0, 0.05) is 0 Å². The van der Waals surface area contributed by atoms with E-state index < -0.39 is 5.97 Å². The normalized spacial score (nSPS) is 10.2. The van der Waals surface area contributed by atoms with E-state index in [0.29, 0.717) is 27.4 Å². The minimum absolute atomic E-state index is 0.153. The summed E-state index contributed by atoms with van der Waals surface area (Å²) >= 11 is 9.60. The summed E-state index contributed by atoms with van der Waals surface area (Å²) in [6, 6.07) is 11.2. The van der Waals surface area contributed by atoms with Crippen LogP contribution in [0.2, 0.25) is 5.02 Å². The monoisotopic (exact) mass is 394 g/mol. The van der Waals surface area contributed by atoms with Gasteiger partial charge in [0.2, 0.25) is 0 Å². The van der Waals surface area contributed by atoms with Gasteiger partial charge in [0.05, 0.1) is 15.1 Å². The predicted molar refractivity (Wildman–Crippen MR) is 95.1 cm³/mol. The molecule has 0 spiro atoms. The number of benzene rings is 2. The second kappa shape index (κ2) is 8.18. The third kappa shape index (κ3) is 4.85. The number of aryl methyl sites for hydroxylation is 1. The molecule has 0 aliphatic carbocycles. The quantitative estimate of drug-likeness (QED) is 0.490. The first-order valence-corrected chi connectivity index (χ1v) is 8.13. The Morgan fingerprint density at radius 2 is 2.00 bits per heavy atom. The van der Waals surface area contributed by atoms with Gasteiger partial charge >= 0.3 is 5.97 Å². The maximum Gasteiger partial charge on any atom is 0.338 e. The lowest BCUT2D eigenvalue weighted by atomic mass is 10.2. The molecule has 0 fully saturated rings. The molecule has 2 rings (SSSR count). The van der Waals surface area contributed by atoms with E-state index in [4.69, 9.17) is 21.1 Å². The summed E-state index contributed by atoms with van der Waals surface area (Å²) in [5.74, 6) is 0.0325. The van der Waals surface area contributed by atoms with Gasteiger partial charge in [-0.3, -0.25) is 0 Å². The highest BCUT2D eigenvalue weighted by molar-refractivity contribution is 9.10. The molecule has 0 heterocycles. The highest BCUT2D eigenvalue weighted by atomic mass is 79.9.